The van der Waals surface area contributed by atoms with Gasteiger partial charge in [0.1, 0.15) is 17.5 Å². The maximum Gasteiger partial charge on any atom is 0.323 e. The number of nitrogen functional groups attached to an aromatic ring is 1. The molecule has 21 heavy (non-hydrogen) atoms. The minimum Gasteiger partial charge on any atom is -0.459 e. The maximum atomic E-state index is 12.1. The Morgan fingerprint density at radius 3 is 2.71 bits per heavy atom. The molecule has 2 unspecified atom stereocenters. The molecule has 0 saturated carbocycles. The molecule has 118 valence electrons. The molecule has 2 atom stereocenters. The molecule has 0 aliphatic carbocycles. The highest BCUT2D eigenvalue weighted by molar-refractivity contribution is 5.76. The van der Waals surface area contributed by atoms with Crippen molar-refractivity contribution in [2.24, 2.45) is 18.7 Å². The number of rotatable bonds is 3. The van der Waals surface area contributed by atoms with E-state index in [2.05, 4.69) is 10.00 Å². The number of aromatic nitrogens is 2. The van der Waals surface area contributed by atoms with Crippen molar-refractivity contribution < 1.29 is 9.53 Å². The van der Waals surface area contributed by atoms with E-state index in [0.717, 1.165) is 18.8 Å². The Balaban J connectivity index is 2.01. The zero-order valence-electron chi connectivity index (χ0n) is 13.2. The zero-order chi connectivity index (χ0) is 15.8. The van der Waals surface area contributed by atoms with Crippen LogP contribution in [-0.2, 0) is 16.6 Å². The smallest absolute Gasteiger partial charge is 0.323 e. The first-order valence-corrected chi connectivity index (χ1v) is 7.20. The largest absolute Gasteiger partial charge is 0.459 e. The van der Waals surface area contributed by atoms with Crippen LogP contribution in [-0.4, -0.2) is 40.5 Å². The minimum absolute atomic E-state index is 0.0640. The van der Waals surface area contributed by atoms with E-state index in [-0.39, 0.29) is 11.9 Å². The molecular weight excluding hydrogens is 270 g/mol. The molecule has 2 heterocycles. The lowest BCUT2D eigenvalue weighted by molar-refractivity contribution is -0.157. The molecule has 1 aromatic rings. The summed E-state index contributed by atoms with van der Waals surface area (Å²) in [4.78, 5) is 14.2. The average molecular weight is 295 g/mol. The highest BCUT2D eigenvalue weighted by Gasteiger charge is 2.35. The van der Waals surface area contributed by atoms with E-state index in [1.165, 1.54) is 0 Å². The van der Waals surface area contributed by atoms with E-state index in [9.17, 15) is 4.79 Å². The van der Waals surface area contributed by atoms with Gasteiger partial charge in [-0.25, -0.2) is 0 Å². The fourth-order valence-corrected chi connectivity index (χ4v) is 2.67. The van der Waals surface area contributed by atoms with Crippen molar-refractivity contribution in [1.29, 1.82) is 0 Å². The Morgan fingerprint density at radius 2 is 2.19 bits per heavy atom. The second-order valence-electron chi connectivity index (χ2n) is 6.60. The van der Waals surface area contributed by atoms with Gasteiger partial charge in [0.15, 0.2) is 0 Å². The van der Waals surface area contributed by atoms with Crippen LogP contribution in [0.15, 0.2) is 6.20 Å². The van der Waals surface area contributed by atoms with Gasteiger partial charge < -0.3 is 21.1 Å². The van der Waals surface area contributed by atoms with Crippen LogP contribution in [0.3, 0.4) is 0 Å². The molecule has 1 aliphatic rings. The number of carbonyl (C=O) groups excluding carboxylic acids is 1. The standard InChI is InChI=1S/C14H25N5O2/c1-14(2,3)21-13(20)11(16)9-5-6-19(8-9)12-10(15)7-17-18(12)4/h7,9,11H,5-6,8,15-16H2,1-4H3. The van der Waals surface area contributed by atoms with Gasteiger partial charge in [0.25, 0.3) is 0 Å². The fraction of sp³-hybridized carbons (Fsp3) is 0.714. The van der Waals surface area contributed by atoms with E-state index in [1.54, 1.807) is 10.9 Å². The number of hydrogen-bond acceptors (Lipinski definition) is 6. The Kier molecular flexibility index (Phi) is 4.13. The van der Waals surface area contributed by atoms with Crippen LogP contribution in [0.4, 0.5) is 11.5 Å². The summed E-state index contributed by atoms with van der Waals surface area (Å²) in [5, 5.41) is 4.14. The molecule has 4 N–H and O–H groups in total. The first-order chi connectivity index (χ1) is 9.69. The molecule has 0 bridgehead atoms. The van der Waals surface area contributed by atoms with Crippen LogP contribution in [0.5, 0.6) is 0 Å². The molecule has 1 aliphatic heterocycles. The van der Waals surface area contributed by atoms with Gasteiger partial charge in [-0.3, -0.25) is 9.48 Å². The lowest BCUT2D eigenvalue weighted by Gasteiger charge is -2.25. The third-order valence-electron chi connectivity index (χ3n) is 3.65. The summed E-state index contributed by atoms with van der Waals surface area (Å²) >= 11 is 0. The lowest BCUT2D eigenvalue weighted by Crippen LogP contribution is -2.43. The van der Waals surface area contributed by atoms with Gasteiger partial charge in [-0.2, -0.15) is 5.10 Å². The van der Waals surface area contributed by atoms with Crippen molar-refractivity contribution in [3.63, 3.8) is 0 Å². The Morgan fingerprint density at radius 1 is 1.52 bits per heavy atom. The van der Waals surface area contributed by atoms with Gasteiger partial charge in [-0.1, -0.05) is 0 Å². The molecule has 7 heteroatoms. The van der Waals surface area contributed by atoms with Gasteiger partial charge in [0.2, 0.25) is 0 Å². The molecule has 0 spiro atoms. The van der Waals surface area contributed by atoms with Crippen molar-refractivity contribution in [3.8, 4) is 0 Å². The topological polar surface area (TPSA) is 99.4 Å². The third kappa shape index (κ3) is 3.47. The molecule has 1 aromatic heterocycles. The van der Waals surface area contributed by atoms with Gasteiger partial charge >= 0.3 is 5.97 Å². The van der Waals surface area contributed by atoms with E-state index in [0.29, 0.717) is 12.2 Å². The second kappa shape index (κ2) is 5.55. The van der Waals surface area contributed by atoms with E-state index < -0.39 is 11.6 Å². The van der Waals surface area contributed by atoms with Gasteiger partial charge in [-0.05, 0) is 27.2 Å². The van der Waals surface area contributed by atoms with Crippen molar-refractivity contribution in [2.75, 3.05) is 23.7 Å². The average Bonchev–Trinajstić information content (AvgIpc) is 2.93. The lowest BCUT2D eigenvalue weighted by atomic mass is 10.00. The number of carbonyl (C=O) groups is 1. The fourth-order valence-electron chi connectivity index (χ4n) is 2.67. The number of esters is 1. The minimum atomic E-state index is -0.608. The predicted octanol–water partition coefficient (Wildman–Crippen LogP) is 0.498. The van der Waals surface area contributed by atoms with Gasteiger partial charge in [0.05, 0.1) is 11.9 Å². The number of hydrogen-bond donors (Lipinski definition) is 2. The van der Waals surface area contributed by atoms with E-state index in [4.69, 9.17) is 16.2 Å². The van der Waals surface area contributed by atoms with Crippen LogP contribution in [0.1, 0.15) is 27.2 Å². The van der Waals surface area contributed by atoms with Gasteiger partial charge in [-0.15, -0.1) is 0 Å². The monoisotopic (exact) mass is 295 g/mol. The number of aryl methyl sites for hydroxylation is 1. The SMILES string of the molecule is Cn1ncc(N)c1N1CCC(C(N)C(=O)OC(C)(C)C)C1. The molecule has 1 fully saturated rings. The Hall–Kier alpha value is -1.76. The molecule has 0 amide bonds. The zero-order valence-corrected chi connectivity index (χ0v) is 13.2. The summed E-state index contributed by atoms with van der Waals surface area (Å²) in [7, 11) is 1.85. The summed E-state index contributed by atoms with van der Waals surface area (Å²) < 4.78 is 7.11. The molecule has 7 nitrogen and oxygen atoms in total. The Bertz CT molecular complexity index is 500. The van der Waals surface area contributed by atoms with E-state index in [1.807, 2.05) is 27.8 Å². The molecular formula is C14H25N5O2. The van der Waals surface area contributed by atoms with Crippen LogP contribution in [0, 0.1) is 5.92 Å². The maximum absolute atomic E-state index is 12.1. The normalized spacial score (nSPS) is 20.6. The molecule has 0 aromatic carbocycles. The number of nitrogens with zero attached hydrogens (tertiary/aromatic N) is 3. The predicted molar refractivity (Wildman–Crippen MR) is 81.8 cm³/mol. The number of ether oxygens (including phenoxy) is 1. The summed E-state index contributed by atoms with van der Waals surface area (Å²) in [5.74, 6) is 0.607. The molecule has 0 radical (unpaired) electrons. The van der Waals surface area contributed by atoms with Crippen LogP contribution >= 0.6 is 0 Å². The quantitative estimate of drug-likeness (QED) is 0.788. The van der Waals surface area contributed by atoms with E-state index >= 15 is 0 Å². The van der Waals surface area contributed by atoms with Crippen LogP contribution in [0.25, 0.3) is 0 Å². The highest BCUT2D eigenvalue weighted by Crippen LogP contribution is 2.29. The van der Waals surface area contributed by atoms with Crippen molar-refractivity contribution in [1.82, 2.24) is 9.78 Å². The summed E-state index contributed by atoms with van der Waals surface area (Å²) in [6.07, 6.45) is 2.47. The second-order valence-corrected chi connectivity index (χ2v) is 6.60. The summed E-state index contributed by atoms with van der Waals surface area (Å²) in [5.41, 5.74) is 12.1. The number of anilines is 2. The van der Waals surface area contributed by atoms with Crippen LogP contribution < -0.4 is 16.4 Å². The van der Waals surface area contributed by atoms with Crippen molar-refractivity contribution >= 4 is 17.5 Å². The van der Waals surface area contributed by atoms with Crippen LogP contribution in [0.2, 0.25) is 0 Å². The summed E-state index contributed by atoms with van der Waals surface area (Å²) in [6.45, 7) is 7.02. The summed E-state index contributed by atoms with van der Waals surface area (Å²) in [6, 6.07) is -0.608. The van der Waals surface area contributed by atoms with Gasteiger partial charge in [0, 0.05) is 26.1 Å². The first kappa shape index (κ1) is 15.6. The van der Waals surface area contributed by atoms with Crippen molar-refractivity contribution in [2.45, 2.75) is 38.8 Å². The third-order valence-corrected chi connectivity index (χ3v) is 3.65. The Labute approximate surface area is 125 Å². The number of nitrogens with two attached hydrogens (primary N) is 2. The first-order valence-electron chi connectivity index (χ1n) is 7.20. The van der Waals surface area contributed by atoms with Crippen molar-refractivity contribution in [3.05, 3.63) is 6.20 Å². The highest BCUT2D eigenvalue weighted by atomic mass is 16.6. The molecule has 2 rings (SSSR count). The molecule has 1 saturated heterocycles.